The molecule has 0 radical (unpaired) electrons. The summed E-state index contributed by atoms with van der Waals surface area (Å²) in [6.45, 7) is 4.43. The summed E-state index contributed by atoms with van der Waals surface area (Å²) in [6.07, 6.45) is 1.24. The van der Waals surface area contributed by atoms with Crippen molar-refractivity contribution in [2.75, 3.05) is 23.7 Å². The summed E-state index contributed by atoms with van der Waals surface area (Å²) < 4.78 is 0. The lowest BCUT2D eigenvalue weighted by atomic mass is 10.2. The second-order valence-corrected chi connectivity index (χ2v) is 4.85. The van der Waals surface area contributed by atoms with E-state index in [0.29, 0.717) is 10.6 Å². The molecule has 1 fully saturated rings. The van der Waals surface area contributed by atoms with Crippen LogP contribution < -0.4 is 10.6 Å². The molecule has 0 bridgehead atoms. The Morgan fingerprint density at radius 1 is 1.71 bits per heavy atom. The van der Waals surface area contributed by atoms with E-state index < -0.39 is 0 Å². The van der Waals surface area contributed by atoms with Crippen molar-refractivity contribution >= 4 is 22.0 Å². The highest BCUT2D eigenvalue weighted by Crippen LogP contribution is 2.34. The van der Waals surface area contributed by atoms with E-state index in [4.69, 9.17) is 11.0 Å². The molecule has 1 aliphatic rings. The predicted molar refractivity (Wildman–Crippen MR) is 59.4 cm³/mol. The number of nitrogens with two attached hydrogens (primary N) is 1. The van der Waals surface area contributed by atoms with Gasteiger partial charge in [0.25, 0.3) is 0 Å². The van der Waals surface area contributed by atoms with Crippen LogP contribution in [0.1, 0.15) is 18.2 Å². The SMILES string of the molecule is CC1CCN(c2cc(N)c(C#N)s2)C1. The van der Waals surface area contributed by atoms with Crippen LogP contribution in [0, 0.1) is 17.2 Å². The summed E-state index contributed by atoms with van der Waals surface area (Å²) in [7, 11) is 0. The second-order valence-electron chi connectivity index (χ2n) is 3.82. The zero-order chi connectivity index (χ0) is 10.1. The fraction of sp³-hybridized carbons (Fsp3) is 0.500. The van der Waals surface area contributed by atoms with Crippen molar-refractivity contribution in [3.8, 4) is 6.07 Å². The lowest BCUT2D eigenvalue weighted by Gasteiger charge is -2.14. The minimum absolute atomic E-state index is 0.618. The lowest BCUT2D eigenvalue weighted by Crippen LogP contribution is -2.17. The zero-order valence-corrected chi connectivity index (χ0v) is 8.97. The zero-order valence-electron chi connectivity index (χ0n) is 8.16. The first kappa shape index (κ1) is 9.35. The van der Waals surface area contributed by atoms with Crippen LogP contribution >= 0.6 is 11.3 Å². The molecule has 1 aromatic rings. The maximum Gasteiger partial charge on any atom is 0.129 e. The van der Waals surface area contributed by atoms with Crippen molar-refractivity contribution in [1.82, 2.24) is 0 Å². The van der Waals surface area contributed by atoms with Gasteiger partial charge in [-0.15, -0.1) is 11.3 Å². The summed E-state index contributed by atoms with van der Waals surface area (Å²) >= 11 is 1.50. The molecule has 1 aromatic heterocycles. The summed E-state index contributed by atoms with van der Waals surface area (Å²) in [4.78, 5) is 2.95. The Morgan fingerprint density at radius 3 is 3.00 bits per heavy atom. The van der Waals surface area contributed by atoms with E-state index in [1.165, 1.54) is 17.8 Å². The summed E-state index contributed by atoms with van der Waals surface area (Å²) in [5, 5.41) is 9.93. The molecule has 14 heavy (non-hydrogen) atoms. The van der Waals surface area contributed by atoms with Crippen LogP contribution in [0.25, 0.3) is 0 Å². The van der Waals surface area contributed by atoms with E-state index in [-0.39, 0.29) is 0 Å². The van der Waals surface area contributed by atoms with Gasteiger partial charge in [-0.05, 0) is 18.4 Å². The molecule has 0 spiro atoms. The summed E-state index contributed by atoms with van der Waals surface area (Å²) in [5.74, 6) is 0.754. The van der Waals surface area contributed by atoms with Crippen LogP contribution in [0.15, 0.2) is 6.07 Å². The first-order valence-corrected chi connectivity index (χ1v) is 5.56. The minimum Gasteiger partial charge on any atom is -0.397 e. The van der Waals surface area contributed by atoms with Gasteiger partial charge in [0.1, 0.15) is 10.9 Å². The number of nitrogen functional groups attached to an aromatic ring is 1. The van der Waals surface area contributed by atoms with E-state index >= 15 is 0 Å². The average Bonchev–Trinajstić information content (AvgIpc) is 2.71. The van der Waals surface area contributed by atoms with Crippen LogP contribution in [0.2, 0.25) is 0 Å². The lowest BCUT2D eigenvalue weighted by molar-refractivity contribution is 0.660. The van der Waals surface area contributed by atoms with Crippen LogP contribution in [-0.2, 0) is 0 Å². The summed E-state index contributed by atoms with van der Waals surface area (Å²) in [6, 6.07) is 4.04. The maximum atomic E-state index is 8.79. The second kappa shape index (κ2) is 3.50. The standard InChI is InChI=1S/C10H13N3S/c1-7-2-3-13(6-7)10-4-8(12)9(5-11)14-10/h4,7H,2-3,6,12H2,1H3. The quantitative estimate of drug-likeness (QED) is 0.766. The Labute approximate surface area is 87.7 Å². The van der Waals surface area contributed by atoms with Gasteiger partial charge >= 0.3 is 0 Å². The van der Waals surface area contributed by atoms with Gasteiger partial charge < -0.3 is 10.6 Å². The fourth-order valence-electron chi connectivity index (χ4n) is 1.77. The predicted octanol–water partition coefficient (Wildman–Crippen LogP) is 2.05. The molecular weight excluding hydrogens is 194 g/mol. The molecule has 1 aliphatic heterocycles. The van der Waals surface area contributed by atoms with E-state index in [1.54, 1.807) is 0 Å². The first-order valence-electron chi connectivity index (χ1n) is 4.75. The van der Waals surface area contributed by atoms with Gasteiger partial charge in [-0.2, -0.15) is 5.26 Å². The highest BCUT2D eigenvalue weighted by Gasteiger charge is 2.21. The minimum atomic E-state index is 0.618. The Kier molecular flexibility index (Phi) is 2.34. The highest BCUT2D eigenvalue weighted by molar-refractivity contribution is 7.17. The molecule has 0 saturated carbocycles. The number of thiophene rings is 1. The third kappa shape index (κ3) is 1.55. The van der Waals surface area contributed by atoms with Crippen molar-refractivity contribution in [2.24, 2.45) is 5.92 Å². The number of hydrogen-bond donors (Lipinski definition) is 1. The average molecular weight is 207 g/mol. The van der Waals surface area contributed by atoms with Crippen LogP contribution in [0.3, 0.4) is 0 Å². The van der Waals surface area contributed by atoms with Gasteiger partial charge in [0.15, 0.2) is 0 Å². The van der Waals surface area contributed by atoms with Gasteiger partial charge in [0, 0.05) is 13.1 Å². The third-order valence-electron chi connectivity index (χ3n) is 2.58. The van der Waals surface area contributed by atoms with Crippen LogP contribution in [-0.4, -0.2) is 13.1 Å². The monoisotopic (exact) mass is 207 g/mol. The van der Waals surface area contributed by atoms with Gasteiger partial charge in [0.2, 0.25) is 0 Å². The molecule has 0 amide bonds. The molecule has 2 heterocycles. The molecule has 2 rings (SSSR count). The van der Waals surface area contributed by atoms with E-state index in [9.17, 15) is 0 Å². The van der Waals surface area contributed by atoms with Gasteiger partial charge in [0.05, 0.1) is 10.7 Å². The molecule has 1 unspecified atom stereocenters. The topological polar surface area (TPSA) is 53.0 Å². The molecule has 1 saturated heterocycles. The normalized spacial score (nSPS) is 21.1. The van der Waals surface area contributed by atoms with Gasteiger partial charge in [-0.1, -0.05) is 6.92 Å². The molecule has 74 valence electrons. The Balaban J connectivity index is 2.21. The Bertz CT molecular complexity index is 377. The van der Waals surface area contributed by atoms with E-state index in [1.807, 2.05) is 6.07 Å². The van der Waals surface area contributed by atoms with Crippen molar-refractivity contribution < 1.29 is 0 Å². The Hall–Kier alpha value is -1.21. The van der Waals surface area contributed by atoms with Crippen molar-refractivity contribution in [3.63, 3.8) is 0 Å². The van der Waals surface area contributed by atoms with Crippen LogP contribution in [0.5, 0.6) is 0 Å². The van der Waals surface area contributed by atoms with Crippen LogP contribution in [0.4, 0.5) is 10.7 Å². The van der Waals surface area contributed by atoms with E-state index in [2.05, 4.69) is 17.9 Å². The maximum absolute atomic E-state index is 8.79. The molecule has 3 nitrogen and oxygen atoms in total. The molecule has 2 N–H and O–H groups in total. The van der Waals surface area contributed by atoms with Crippen molar-refractivity contribution in [1.29, 1.82) is 5.26 Å². The fourth-order valence-corrected chi connectivity index (χ4v) is 2.68. The highest BCUT2D eigenvalue weighted by atomic mass is 32.1. The number of anilines is 2. The largest absolute Gasteiger partial charge is 0.397 e. The number of rotatable bonds is 1. The number of hydrogen-bond acceptors (Lipinski definition) is 4. The number of nitriles is 1. The summed E-state index contributed by atoms with van der Waals surface area (Å²) in [5.41, 5.74) is 6.33. The van der Waals surface area contributed by atoms with Gasteiger partial charge in [-0.25, -0.2) is 0 Å². The van der Waals surface area contributed by atoms with Crippen molar-refractivity contribution in [2.45, 2.75) is 13.3 Å². The molecular formula is C10H13N3S. The molecule has 0 aromatic carbocycles. The Morgan fingerprint density at radius 2 is 2.50 bits per heavy atom. The van der Waals surface area contributed by atoms with Gasteiger partial charge in [-0.3, -0.25) is 0 Å². The third-order valence-corrected chi connectivity index (χ3v) is 3.70. The van der Waals surface area contributed by atoms with E-state index in [0.717, 1.165) is 24.0 Å². The van der Waals surface area contributed by atoms with Crippen molar-refractivity contribution in [3.05, 3.63) is 10.9 Å². The molecule has 4 heteroatoms. The first-order chi connectivity index (χ1) is 6.70. The molecule has 0 aliphatic carbocycles. The molecule has 1 atom stereocenters. The smallest absolute Gasteiger partial charge is 0.129 e. The number of nitrogens with zero attached hydrogens (tertiary/aromatic N) is 2.